The first-order valence-corrected chi connectivity index (χ1v) is 6.06. The largest absolute Gasteiger partial charge is 0.399 e. The second-order valence-electron chi connectivity index (χ2n) is 4.06. The van der Waals surface area contributed by atoms with Crippen LogP contribution in [0.3, 0.4) is 0 Å². The normalized spacial score (nSPS) is 11.7. The number of nitrogen functional groups attached to an aromatic ring is 1. The first-order valence-electron chi connectivity index (χ1n) is 5.68. The molecule has 0 radical (unpaired) electrons. The molecule has 1 amide bonds. The van der Waals surface area contributed by atoms with Gasteiger partial charge >= 0.3 is 0 Å². The third kappa shape index (κ3) is 2.87. The van der Waals surface area contributed by atoms with Crippen LogP contribution in [0.5, 0.6) is 0 Å². The number of nitrogens with one attached hydrogen (secondary N) is 1. The highest BCUT2D eigenvalue weighted by Crippen LogP contribution is 2.24. The van der Waals surface area contributed by atoms with E-state index >= 15 is 0 Å². The van der Waals surface area contributed by atoms with E-state index in [-0.39, 0.29) is 11.7 Å². The molecule has 1 aromatic heterocycles. The van der Waals surface area contributed by atoms with Gasteiger partial charge in [-0.3, -0.25) is 4.79 Å². The average molecular weight is 291 g/mol. The van der Waals surface area contributed by atoms with Gasteiger partial charge in [0.2, 0.25) is 5.91 Å². The molecule has 102 valence electrons. The minimum atomic E-state index is -0.627. The molecule has 7 nitrogen and oxygen atoms in total. The van der Waals surface area contributed by atoms with Crippen molar-refractivity contribution in [1.82, 2.24) is 14.8 Å². The predicted molar refractivity (Wildman–Crippen MR) is 73.9 cm³/mol. The lowest BCUT2D eigenvalue weighted by Gasteiger charge is -2.13. The van der Waals surface area contributed by atoms with Gasteiger partial charge in [0.05, 0.1) is 10.7 Å². The van der Waals surface area contributed by atoms with Crippen LogP contribution < -0.4 is 11.1 Å². The number of carbonyl (C=O) groups is 1. The van der Waals surface area contributed by atoms with Crippen molar-refractivity contribution in [3.63, 3.8) is 0 Å². The van der Waals surface area contributed by atoms with Gasteiger partial charge in [0.25, 0.3) is 5.82 Å². The van der Waals surface area contributed by atoms with Crippen molar-refractivity contribution in [2.45, 2.75) is 13.0 Å². The summed E-state index contributed by atoms with van der Waals surface area (Å²) >= 11 is 5.98. The molecule has 0 fully saturated rings. The number of nitriles is 1. The lowest BCUT2D eigenvalue weighted by molar-refractivity contribution is -0.119. The van der Waals surface area contributed by atoms with E-state index in [1.165, 1.54) is 11.0 Å². The summed E-state index contributed by atoms with van der Waals surface area (Å²) in [7, 11) is 0. The fourth-order valence-electron chi connectivity index (χ4n) is 1.50. The van der Waals surface area contributed by atoms with Gasteiger partial charge in [-0.25, -0.2) is 9.67 Å². The van der Waals surface area contributed by atoms with Crippen LogP contribution >= 0.6 is 11.6 Å². The fraction of sp³-hybridized carbons (Fsp3) is 0.167. The predicted octanol–water partition coefficient (Wildman–Crippen LogP) is 1.59. The maximum atomic E-state index is 12.1. The number of nitrogens with two attached hydrogens (primary N) is 1. The first kappa shape index (κ1) is 13.8. The van der Waals surface area contributed by atoms with E-state index in [4.69, 9.17) is 22.6 Å². The van der Waals surface area contributed by atoms with E-state index in [1.807, 2.05) is 0 Å². The Hall–Kier alpha value is -2.59. The summed E-state index contributed by atoms with van der Waals surface area (Å²) in [6.07, 6.45) is 1.33. The minimum Gasteiger partial charge on any atom is -0.399 e. The number of hydrogen-bond donors (Lipinski definition) is 2. The third-order valence-electron chi connectivity index (χ3n) is 2.64. The van der Waals surface area contributed by atoms with Crippen LogP contribution in [0.4, 0.5) is 11.4 Å². The molecular formula is C12H11ClN6O. The Kier molecular flexibility index (Phi) is 3.86. The SMILES string of the molecule is CC(C(=O)Nc1ccc(N)cc1Cl)n1cnc(C#N)n1. The van der Waals surface area contributed by atoms with Crippen molar-refractivity contribution >= 4 is 28.9 Å². The molecule has 1 atom stereocenters. The summed E-state index contributed by atoms with van der Waals surface area (Å²) in [6, 6.07) is 5.97. The van der Waals surface area contributed by atoms with Gasteiger partial charge in [0, 0.05) is 5.69 Å². The second kappa shape index (κ2) is 5.59. The van der Waals surface area contributed by atoms with Gasteiger partial charge in [-0.15, -0.1) is 5.10 Å². The molecule has 20 heavy (non-hydrogen) atoms. The summed E-state index contributed by atoms with van der Waals surface area (Å²) in [4.78, 5) is 15.8. The van der Waals surface area contributed by atoms with Gasteiger partial charge in [-0.2, -0.15) is 5.26 Å². The molecule has 2 rings (SSSR count). The molecule has 2 aromatic rings. The summed E-state index contributed by atoms with van der Waals surface area (Å²) in [5.74, 6) is -0.318. The van der Waals surface area contributed by atoms with Crippen molar-refractivity contribution in [1.29, 1.82) is 5.26 Å². The van der Waals surface area contributed by atoms with E-state index in [0.29, 0.717) is 16.4 Å². The topological polar surface area (TPSA) is 110 Å². The van der Waals surface area contributed by atoms with Crippen LogP contribution in [0, 0.1) is 11.3 Å². The van der Waals surface area contributed by atoms with Gasteiger partial charge in [-0.1, -0.05) is 11.6 Å². The molecule has 8 heteroatoms. The highest BCUT2D eigenvalue weighted by atomic mass is 35.5. The van der Waals surface area contributed by atoms with Gasteiger partial charge in [0.1, 0.15) is 18.4 Å². The van der Waals surface area contributed by atoms with E-state index < -0.39 is 6.04 Å². The number of rotatable bonds is 3. The molecule has 0 saturated heterocycles. The number of amides is 1. The molecule has 0 saturated carbocycles. The average Bonchev–Trinajstić information content (AvgIpc) is 2.89. The van der Waals surface area contributed by atoms with Gasteiger partial charge in [0.15, 0.2) is 0 Å². The Morgan fingerprint density at radius 2 is 2.35 bits per heavy atom. The molecule has 3 N–H and O–H groups in total. The van der Waals surface area contributed by atoms with Crippen molar-refractivity contribution in [3.8, 4) is 6.07 Å². The maximum Gasteiger partial charge on any atom is 0.252 e. The van der Waals surface area contributed by atoms with Crippen LogP contribution in [-0.2, 0) is 4.79 Å². The number of nitrogens with zero attached hydrogens (tertiary/aromatic N) is 4. The monoisotopic (exact) mass is 290 g/mol. The molecule has 0 aliphatic rings. The van der Waals surface area contributed by atoms with E-state index in [0.717, 1.165) is 0 Å². The number of benzene rings is 1. The molecule has 1 aromatic carbocycles. The fourth-order valence-corrected chi connectivity index (χ4v) is 1.74. The number of halogens is 1. The zero-order valence-corrected chi connectivity index (χ0v) is 11.3. The third-order valence-corrected chi connectivity index (χ3v) is 2.95. The Balaban J connectivity index is 2.13. The standard InChI is InChI=1S/C12H11ClN6O/c1-7(19-6-16-11(5-14)18-19)12(20)17-10-3-2-8(15)4-9(10)13/h2-4,6-7H,15H2,1H3,(H,17,20). The van der Waals surface area contributed by atoms with Crippen LogP contribution in [-0.4, -0.2) is 20.7 Å². The molecule has 1 heterocycles. The molecule has 0 aliphatic heterocycles. The van der Waals surface area contributed by atoms with Gasteiger partial charge < -0.3 is 11.1 Å². The highest BCUT2D eigenvalue weighted by Gasteiger charge is 2.17. The van der Waals surface area contributed by atoms with E-state index in [2.05, 4.69) is 15.4 Å². The minimum absolute atomic E-state index is 0.00941. The maximum absolute atomic E-state index is 12.1. The van der Waals surface area contributed by atoms with Crippen molar-refractivity contribution < 1.29 is 4.79 Å². The lowest BCUT2D eigenvalue weighted by Crippen LogP contribution is -2.24. The zero-order chi connectivity index (χ0) is 14.7. The Morgan fingerprint density at radius 3 is 2.95 bits per heavy atom. The highest BCUT2D eigenvalue weighted by molar-refractivity contribution is 6.34. The van der Waals surface area contributed by atoms with Crippen molar-refractivity contribution in [3.05, 3.63) is 35.4 Å². The first-order chi connectivity index (χ1) is 9.51. The van der Waals surface area contributed by atoms with Crippen LogP contribution in [0.1, 0.15) is 18.8 Å². The molecule has 0 bridgehead atoms. The van der Waals surface area contributed by atoms with Crippen molar-refractivity contribution in [2.24, 2.45) is 0 Å². The van der Waals surface area contributed by atoms with Crippen LogP contribution in [0.2, 0.25) is 5.02 Å². The Morgan fingerprint density at radius 1 is 1.60 bits per heavy atom. The lowest BCUT2D eigenvalue weighted by atomic mass is 10.2. The van der Waals surface area contributed by atoms with E-state index in [1.54, 1.807) is 31.2 Å². The summed E-state index contributed by atoms with van der Waals surface area (Å²) in [5, 5.41) is 15.5. The second-order valence-corrected chi connectivity index (χ2v) is 4.47. The smallest absolute Gasteiger partial charge is 0.252 e. The molecular weight excluding hydrogens is 280 g/mol. The summed E-state index contributed by atoms with van der Waals surface area (Å²) in [5.41, 5.74) is 6.54. The Labute approximate surface area is 120 Å². The molecule has 0 spiro atoms. The van der Waals surface area contributed by atoms with Crippen LogP contribution in [0.15, 0.2) is 24.5 Å². The quantitative estimate of drug-likeness (QED) is 0.834. The van der Waals surface area contributed by atoms with E-state index in [9.17, 15) is 4.79 Å². The Bertz CT molecular complexity index is 689. The van der Waals surface area contributed by atoms with Gasteiger partial charge in [-0.05, 0) is 25.1 Å². The number of aromatic nitrogens is 3. The van der Waals surface area contributed by atoms with Crippen molar-refractivity contribution in [2.75, 3.05) is 11.1 Å². The van der Waals surface area contributed by atoms with Crippen LogP contribution in [0.25, 0.3) is 0 Å². The summed E-state index contributed by atoms with van der Waals surface area (Å²) < 4.78 is 1.30. The molecule has 0 aliphatic carbocycles. The zero-order valence-electron chi connectivity index (χ0n) is 10.5. The number of carbonyl (C=O) groups excluding carboxylic acids is 1. The molecule has 1 unspecified atom stereocenters. The number of anilines is 2. The number of hydrogen-bond acceptors (Lipinski definition) is 5. The summed E-state index contributed by atoms with van der Waals surface area (Å²) in [6.45, 7) is 1.64.